The van der Waals surface area contributed by atoms with Crippen LogP contribution in [0.1, 0.15) is 31.6 Å². The molecule has 2 N–H and O–H groups in total. The van der Waals surface area contributed by atoms with Crippen molar-refractivity contribution in [3.8, 4) is 11.4 Å². The SMILES string of the molecule is C[C@H](N)C(=O)N1CCCC(c2nc(-c3ccc(Cl)cc3)no2)C1. The van der Waals surface area contributed by atoms with Crippen molar-refractivity contribution in [1.29, 1.82) is 0 Å². The molecule has 1 aliphatic rings. The van der Waals surface area contributed by atoms with Crippen LogP contribution in [-0.2, 0) is 4.79 Å². The predicted molar refractivity (Wildman–Crippen MR) is 86.9 cm³/mol. The van der Waals surface area contributed by atoms with Crippen molar-refractivity contribution in [2.45, 2.75) is 31.7 Å². The molecular weight excluding hydrogens is 316 g/mol. The summed E-state index contributed by atoms with van der Waals surface area (Å²) in [6.07, 6.45) is 1.83. The highest BCUT2D eigenvalue weighted by Crippen LogP contribution is 2.28. The van der Waals surface area contributed by atoms with Gasteiger partial charge in [-0.25, -0.2) is 0 Å². The molecule has 2 heterocycles. The van der Waals surface area contributed by atoms with Gasteiger partial charge in [0.05, 0.1) is 12.0 Å². The molecule has 0 spiro atoms. The van der Waals surface area contributed by atoms with Crippen LogP contribution >= 0.6 is 11.6 Å². The number of nitrogens with zero attached hydrogens (tertiary/aromatic N) is 3. The van der Waals surface area contributed by atoms with Gasteiger partial charge in [0.25, 0.3) is 0 Å². The number of likely N-dealkylation sites (tertiary alicyclic amines) is 1. The number of piperidine rings is 1. The van der Waals surface area contributed by atoms with E-state index in [0.29, 0.717) is 23.3 Å². The number of benzene rings is 1. The molecule has 1 saturated heterocycles. The predicted octanol–water partition coefficient (Wildman–Crippen LogP) is 2.44. The molecule has 122 valence electrons. The van der Waals surface area contributed by atoms with E-state index in [1.54, 1.807) is 24.0 Å². The first-order valence-electron chi connectivity index (χ1n) is 7.68. The zero-order chi connectivity index (χ0) is 16.4. The fourth-order valence-electron chi connectivity index (χ4n) is 2.78. The van der Waals surface area contributed by atoms with Crippen LogP contribution in [0.2, 0.25) is 5.02 Å². The Kier molecular flexibility index (Phi) is 4.63. The molecule has 1 unspecified atom stereocenters. The molecule has 7 heteroatoms. The number of aromatic nitrogens is 2. The summed E-state index contributed by atoms with van der Waals surface area (Å²) in [5.41, 5.74) is 6.54. The summed E-state index contributed by atoms with van der Waals surface area (Å²) in [7, 11) is 0. The van der Waals surface area contributed by atoms with Gasteiger partial charge in [0.15, 0.2) is 0 Å². The minimum atomic E-state index is -0.485. The molecule has 1 amide bonds. The molecule has 0 bridgehead atoms. The number of hydrogen-bond donors (Lipinski definition) is 1. The van der Waals surface area contributed by atoms with Crippen LogP contribution in [-0.4, -0.2) is 40.1 Å². The Labute approximate surface area is 139 Å². The van der Waals surface area contributed by atoms with E-state index in [1.807, 2.05) is 12.1 Å². The molecule has 6 nitrogen and oxygen atoms in total. The number of amides is 1. The van der Waals surface area contributed by atoms with Crippen molar-refractivity contribution in [2.75, 3.05) is 13.1 Å². The van der Waals surface area contributed by atoms with Crippen LogP contribution in [0.25, 0.3) is 11.4 Å². The third kappa shape index (κ3) is 3.54. The van der Waals surface area contributed by atoms with Gasteiger partial charge in [0.2, 0.25) is 17.6 Å². The van der Waals surface area contributed by atoms with Crippen molar-refractivity contribution in [2.24, 2.45) is 5.73 Å². The first-order chi connectivity index (χ1) is 11.0. The van der Waals surface area contributed by atoms with E-state index in [1.165, 1.54) is 0 Å². The standard InChI is InChI=1S/C16H19ClN4O2/c1-10(18)16(22)21-8-2-3-12(9-21)15-19-14(20-23-15)11-4-6-13(17)7-5-11/h4-7,10,12H,2-3,8-9,18H2,1H3/t10-,12?/m0/s1. The van der Waals surface area contributed by atoms with Crippen molar-refractivity contribution in [3.05, 3.63) is 35.2 Å². The van der Waals surface area contributed by atoms with E-state index in [2.05, 4.69) is 10.1 Å². The lowest BCUT2D eigenvalue weighted by atomic mass is 9.97. The molecule has 0 radical (unpaired) electrons. The summed E-state index contributed by atoms with van der Waals surface area (Å²) in [4.78, 5) is 18.3. The summed E-state index contributed by atoms with van der Waals surface area (Å²) < 4.78 is 5.41. The van der Waals surface area contributed by atoms with Gasteiger partial charge in [-0.15, -0.1) is 0 Å². The summed E-state index contributed by atoms with van der Waals surface area (Å²) in [5.74, 6) is 1.12. The van der Waals surface area contributed by atoms with Crippen LogP contribution in [0.4, 0.5) is 0 Å². The average molecular weight is 335 g/mol. The Morgan fingerprint density at radius 2 is 2.17 bits per heavy atom. The van der Waals surface area contributed by atoms with E-state index in [0.717, 1.165) is 24.9 Å². The minimum Gasteiger partial charge on any atom is -0.341 e. The smallest absolute Gasteiger partial charge is 0.239 e. The average Bonchev–Trinajstić information content (AvgIpc) is 3.05. The van der Waals surface area contributed by atoms with Gasteiger partial charge in [0, 0.05) is 23.7 Å². The molecule has 0 aliphatic carbocycles. The molecule has 2 atom stereocenters. The van der Waals surface area contributed by atoms with Gasteiger partial charge >= 0.3 is 0 Å². The maximum Gasteiger partial charge on any atom is 0.239 e. The number of rotatable bonds is 3. The largest absolute Gasteiger partial charge is 0.341 e. The Balaban J connectivity index is 1.74. The molecule has 3 rings (SSSR count). The monoisotopic (exact) mass is 334 g/mol. The van der Waals surface area contributed by atoms with Crippen LogP contribution in [0.15, 0.2) is 28.8 Å². The summed E-state index contributed by atoms with van der Waals surface area (Å²) in [5, 5.41) is 4.70. The Morgan fingerprint density at radius 1 is 1.43 bits per heavy atom. The second kappa shape index (κ2) is 6.68. The maximum atomic E-state index is 12.1. The molecule has 23 heavy (non-hydrogen) atoms. The topological polar surface area (TPSA) is 85.3 Å². The Hall–Kier alpha value is -1.92. The van der Waals surface area contributed by atoms with E-state index in [4.69, 9.17) is 21.9 Å². The summed E-state index contributed by atoms with van der Waals surface area (Å²) in [6, 6.07) is 6.79. The zero-order valence-corrected chi connectivity index (χ0v) is 13.7. The second-order valence-corrected chi connectivity index (χ2v) is 6.31. The van der Waals surface area contributed by atoms with E-state index >= 15 is 0 Å². The Morgan fingerprint density at radius 3 is 2.87 bits per heavy atom. The molecular formula is C16H19ClN4O2. The van der Waals surface area contributed by atoms with Gasteiger partial charge < -0.3 is 15.2 Å². The maximum absolute atomic E-state index is 12.1. The summed E-state index contributed by atoms with van der Waals surface area (Å²) >= 11 is 5.89. The minimum absolute atomic E-state index is 0.0351. The first-order valence-corrected chi connectivity index (χ1v) is 8.06. The van der Waals surface area contributed by atoms with Gasteiger partial charge in [-0.3, -0.25) is 4.79 Å². The van der Waals surface area contributed by atoms with Crippen LogP contribution in [0.3, 0.4) is 0 Å². The van der Waals surface area contributed by atoms with Gasteiger partial charge in [-0.2, -0.15) is 4.98 Å². The summed E-state index contributed by atoms with van der Waals surface area (Å²) in [6.45, 7) is 3.01. The number of carbonyl (C=O) groups excluding carboxylic acids is 1. The van der Waals surface area contributed by atoms with Gasteiger partial charge in [-0.05, 0) is 44.0 Å². The highest BCUT2D eigenvalue weighted by Gasteiger charge is 2.29. The lowest BCUT2D eigenvalue weighted by molar-refractivity contribution is -0.133. The molecule has 1 aromatic carbocycles. The first kappa shape index (κ1) is 16.0. The van der Waals surface area contributed by atoms with Crippen LogP contribution in [0.5, 0.6) is 0 Å². The molecule has 1 aromatic heterocycles. The van der Waals surface area contributed by atoms with E-state index < -0.39 is 6.04 Å². The van der Waals surface area contributed by atoms with Crippen molar-refractivity contribution in [1.82, 2.24) is 15.0 Å². The third-order valence-electron chi connectivity index (χ3n) is 4.02. The number of halogens is 1. The zero-order valence-electron chi connectivity index (χ0n) is 12.9. The second-order valence-electron chi connectivity index (χ2n) is 5.88. The number of hydrogen-bond acceptors (Lipinski definition) is 5. The van der Waals surface area contributed by atoms with Crippen molar-refractivity contribution in [3.63, 3.8) is 0 Å². The quantitative estimate of drug-likeness (QED) is 0.931. The number of nitrogens with two attached hydrogens (primary N) is 1. The van der Waals surface area contributed by atoms with E-state index in [9.17, 15) is 4.79 Å². The van der Waals surface area contributed by atoms with E-state index in [-0.39, 0.29) is 11.8 Å². The normalized spacial score (nSPS) is 19.6. The molecule has 2 aromatic rings. The van der Waals surface area contributed by atoms with Gasteiger partial charge in [0.1, 0.15) is 0 Å². The molecule has 1 fully saturated rings. The third-order valence-corrected chi connectivity index (χ3v) is 4.27. The van der Waals surface area contributed by atoms with Crippen LogP contribution < -0.4 is 5.73 Å². The highest BCUT2D eigenvalue weighted by molar-refractivity contribution is 6.30. The molecule has 0 saturated carbocycles. The molecule has 1 aliphatic heterocycles. The highest BCUT2D eigenvalue weighted by atomic mass is 35.5. The van der Waals surface area contributed by atoms with Crippen molar-refractivity contribution < 1.29 is 9.32 Å². The fourth-order valence-corrected chi connectivity index (χ4v) is 2.91. The lowest BCUT2D eigenvalue weighted by Gasteiger charge is -2.32. The van der Waals surface area contributed by atoms with Crippen LogP contribution in [0, 0.1) is 0 Å². The fraction of sp³-hybridized carbons (Fsp3) is 0.438. The van der Waals surface area contributed by atoms with Gasteiger partial charge in [-0.1, -0.05) is 16.8 Å². The lowest BCUT2D eigenvalue weighted by Crippen LogP contribution is -2.46. The van der Waals surface area contributed by atoms with Crippen molar-refractivity contribution >= 4 is 17.5 Å². The number of carbonyl (C=O) groups is 1. The Bertz CT molecular complexity index is 684.